The summed E-state index contributed by atoms with van der Waals surface area (Å²) in [7, 11) is 6.17. The minimum absolute atomic E-state index is 0.0716. The molecule has 32 heavy (non-hydrogen) atoms. The summed E-state index contributed by atoms with van der Waals surface area (Å²) >= 11 is 3.39. The molecule has 2 heterocycles. The number of aliphatic hydroxyl groups is 1. The fourth-order valence-corrected chi connectivity index (χ4v) is 4.27. The highest BCUT2D eigenvalue weighted by Gasteiger charge is 2.48. The molecule has 0 saturated carbocycles. The Kier molecular flexibility index (Phi) is 6.91. The van der Waals surface area contributed by atoms with Crippen molar-refractivity contribution in [3.05, 3.63) is 34.3 Å². The van der Waals surface area contributed by atoms with Crippen molar-refractivity contribution < 1.29 is 19.5 Å². The lowest BCUT2D eigenvalue weighted by Gasteiger charge is -2.35. The molecule has 1 saturated heterocycles. The van der Waals surface area contributed by atoms with Crippen molar-refractivity contribution in [3.8, 4) is 0 Å². The molecule has 4 unspecified atom stereocenters. The molecule has 3 amide bonds. The van der Waals surface area contributed by atoms with Crippen LogP contribution in [0.2, 0.25) is 0 Å². The lowest BCUT2D eigenvalue weighted by Crippen LogP contribution is -2.58. The number of aliphatic imine (C=N–C) groups is 1. The monoisotopic (exact) mass is 499 g/mol. The number of benzene rings is 1. The van der Waals surface area contributed by atoms with Crippen molar-refractivity contribution in [2.24, 2.45) is 10.4 Å². The molecule has 0 aliphatic carbocycles. The summed E-state index contributed by atoms with van der Waals surface area (Å²) in [6.07, 6.45) is -0.546. The second-order valence-electron chi connectivity index (χ2n) is 9.40. The Morgan fingerprint density at radius 3 is 2.56 bits per heavy atom. The fourth-order valence-electron chi connectivity index (χ4n) is 4.01. The molecule has 2 aliphatic rings. The molecular formula is C21H26B2BrN4O4. The Morgan fingerprint density at radius 2 is 2.00 bits per heavy atom. The van der Waals surface area contributed by atoms with E-state index < -0.39 is 34.9 Å². The van der Waals surface area contributed by atoms with E-state index in [1.54, 1.807) is 6.92 Å². The molecule has 0 spiro atoms. The zero-order valence-corrected chi connectivity index (χ0v) is 20.1. The summed E-state index contributed by atoms with van der Waals surface area (Å²) in [6, 6.07) is 5.80. The van der Waals surface area contributed by atoms with Crippen LogP contribution in [-0.2, 0) is 15.1 Å². The van der Waals surface area contributed by atoms with E-state index in [0.29, 0.717) is 11.4 Å². The largest absolute Gasteiger partial charge is 0.391 e. The summed E-state index contributed by atoms with van der Waals surface area (Å²) in [5.41, 5.74) is -1.05. The molecule has 1 aromatic rings. The van der Waals surface area contributed by atoms with Crippen LogP contribution in [0.3, 0.4) is 0 Å². The minimum atomic E-state index is -1.15. The van der Waals surface area contributed by atoms with Gasteiger partial charge in [-0.15, -0.1) is 0 Å². The van der Waals surface area contributed by atoms with Gasteiger partial charge >= 0.3 is 0 Å². The summed E-state index contributed by atoms with van der Waals surface area (Å²) in [5, 5.41) is 15.8. The second-order valence-corrected chi connectivity index (χ2v) is 10.3. The maximum absolute atomic E-state index is 13.5. The minimum Gasteiger partial charge on any atom is -0.391 e. The van der Waals surface area contributed by atoms with E-state index in [9.17, 15) is 19.5 Å². The van der Waals surface area contributed by atoms with Crippen LogP contribution >= 0.6 is 15.9 Å². The van der Waals surface area contributed by atoms with E-state index in [1.165, 1.54) is 4.90 Å². The third kappa shape index (κ3) is 4.78. The van der Waals surface area contributed by atoms with Crippen LogP contribution in [0.25, 0.3) is 0 Å². The molecule has 3 radical (unpaired) electrons. The first kappa shape index (κ1) is 24.5. The number of halogens is 1. The zero-order valence-electron chi connectivity index (χ0n) is 18.6. The Morgan fingerprint density at radius 1 is 1.38 bits per heavy atom. The number of amides is 3. The number of β-amino-alcohol motifs (C(OH)–C–C–N with tert-alkyl or cyclic N) is 1. The number of carbonyl (C=O) groups is 3. The molecule has 1 aromatic carbocycles. The van der Waals surface area contributed by atoms with E-state index in [-0.39, 0.29) is 24.8 Å². The first-order chi connectivity index (χ1) is 14.9. The Labute approximate surface area is 198 Å². The van der Waals surface area contributed by atoms with Gasteiger partial charge in [-0.05, 0) is 30.0 Å². The Hall–Kier alpha value is -2.13. The van der Waals surface area contributed by atoms with Gasteiger partial charge in [0.25, 0.3) is 5.91 Å². The lowest BCUT2D eigenvalue weighted by atomic mass is 9.55. The second kappa shape index (κ2) is 9.02. The normalized spacial score (nSPS) is 26.4. The standard InChI is InChI=1S/C21H26B2BrN4O4/c1-20(2,3)15(25-19(32)23-22)17(30)28-10-13(29)9-14(28)16-26-18(31)21(4,27-16)11-5-7-12(24)8-6-11/h5-8,13-15,29H,9-10H2,1-4H3,(H,25,32)(H,26,27,31). The number of nitrogens with one attached hydrogen (secondary N) is 2. The summed E-state index contributed by atoms with van der Waals surface area (Å²) < 4.78 is 0.883. The van der Waals surface area contributed by atoms with Crippen molar-refractivity contribution in [1.82, 2.24) is 15.5 Å². The van der Waals surface area contributed by atoms with Gasteiger partial charge in [0.05, 0.1) is 12.1 Å². The van der Waals surface area contributed by atoms with E-state index in [0.717, 1.165) is 11.6 Å². The molecule has 2 aliphatic heterocycles. The summed E-state index contributed by atoms with van der Waals surface area (Å²) in [5.74, 6) is -0.913. The molecule has 3 N–H and O–H groups in total. The number of likely N-dealkylation sites (tertiary alicyclic amines) is 1. The summed E-state index contributed by atoms with van der Waals surface area (Å²) in [4.78, 5) is 44.4. The lowest BCUT2D eigenvalue weighted by molar-refractivity contribution is -0.136. The van der Waals surface area contributed by atoms with Crippen LogP contribution in [0.5, 0.6) is 0 Å². The average molecular weight is 500 g/mol. The Balaban J connectivity index is 1.92. The van der Waals surface area contributed by atoms with Gasteiger partial charge in [0.15, 0.2) is 18.5 Å². The van der Waals surface area contributed by atoms with Gasteiger partial charge in [0, 0.05) is 25.2 Å². The molecule has 1 fully saturated rings. The molecule has 4 atom stereocenters. The summed E-state index contributed by atoms with van der Waals surface area (Å²) in [6.45, 7) is 7.27. The van der Waals surface area contributed by atoms with Gasteiger partial charge in [-0.1, -0.05) is 48.8 Å². The molecule has 0 aromatic heterocycles. The van der Waals surface area contributed by atoms with Crippen LogP contribution in [-0.4, -0.2) is 73.1 Å². The van der Waals surface area contributed by atoms with Crippen molar-refractivity contribution in [1.29, 1.82) is 0 Å². The van der Waals surface area contributed by atoms with Crippen LogP contribution in [0.1, 0.15) is 39.7 Å². The quantitative estimate of drug-likeness (QED) is 0.526. The predicted molar refractivity (Wildman–Crippen MR) is 126 cm³/mol. The number of amidine groups is 1. The van der Waals surface area contributed by atoms with Crippen LogP contribution < -0.4 is 10.6 Å². The number of rotatable bonds is 5. The molecule has 0 bridgehead atoms. The number of hydrogen-bond acceptors (Lipinski definition) is 5. The van der Waals surface area contributed by atoms with Gasteiger partial charge in [-0.3, -0.25) is 14.4 Å². The highest BCUT2D eigenvalue weighted by atomic mass is 79.9. The van der Waals surface area contributed by atoms with Crippen molar-refractivity contribution in [2.75, 3.05) is 6.54 Å². The first-order valence-corrected chi connectivity index (χ1v) is 11.2. The van der Waals surface area contributed by atoms with E-state index in [1.807, 2.05) is 45.0 Å². The number of nitrogens with zero attached hydrogens (tertiary/aromatic N) is 2. The molecule has 3 rings (SSSR count). The van der Waals surface area contributed by atoms with Gasteiger partial charge in [-0.25, -0.2) is 4.99 Å². The van der Waals surface area contributed by atoms with Crippen molar-refractivity contribution in [3.63, 3.8) is 0 Å². The fraction of sp³-hybridized carbons (Fsp3) is 0.524. The number of hydrogen-bond donors (Lipinski definition) is 3. The van der Waals surface area contributed by atoms with Crippen molar-refractivity contribution in [2.45, 2.75) is 57.8 Å². The van der Waals surface area contributed by atoms with Crippen LogP contribution in [0.15, 0.2) is 33.7 Å². The molecular weight excluding hydrogens is 474 g/mol. The molecule has 167 valence electrons. The average Bonchev–Trinajstić information content (AvgIpc) is 3.25. The van der Waals surface area contributed by atoms with Crippen LogP contribution in [0, 0.1) is 5.41 Å². The number of carbonyl (C=O) groups excluding carboxylic acids is 3. The highest BCUT2D eigenvalue weighted by molar-refractivity contribution is 9.10. The highest BCUT2D eigenvalue weighted by Crippen LogP contribution is 2.33. The number of aliphatic hydroxyl groups excluding tert-OH is 1. The predicted octanol–water partition coefficient (Wildman–Crippen LogP) is 1.07. The zero-order chi connectivity index (χ0) is 23.8. The molecule has 8 nitrogen and oxygen atoms in total. The van der Waals surface area contributed by atoms with Gasteiger partial charge in [0.2, 0.25) is 5.91 Å². The Bertz CT molecular complexity index is 950. The van der Waals surface area contributed by atoms with Crippen LogP contribution in [0.4, 0.5) is 4.79 Å². The van der Waals surface area contributed by atoms with Crippen molar-refractivity contribution >= 4 is 54.3 Å². The van der Waals surface area contributed by atoms with E-state index in [2.05, 4.69) is 31.6 Å². The third-order valence-electron chi connectivity index (χ3n) is 5.86. The van der Waals surface area contributed by atoms with E-state index >= 15 is 0 Å². The topological polar surface area (TPSA) is 111 Å². The van der Waals surface area contributed by atoms with Gasteiger partial charge in [0.1, 0.15) is 11.9 Å². The van der Waals surface area contributed by atoms with E-state index in [4.69, 9.17) is 7.74 Å². The first-order valence-electron chi connectivity index (χ1n) is 10.4. The maximum atomic E-state index is 13.5. The van der Waals surface area contributed by atoms with Gasteiger partial charge < -0.3 is 20.6 Å². The maximum Gasteiger partial charge on any atom is 0.257 e. The smallest absolute Gasteiger partial charge is 0.257 e. The molecule has 11 heteroatoms. The SMILES string of the molecule is [B][B]C(=O)NC(C(=O)N1CC(O)CC1C1=NC(C)(c2ccc(Br)cc2)C(=O)N1)C(C)(C)C. The van der Waals surface area contributed by atoms with Gasteiger partial charge in [-0.2, -0.15) is 0 Å². The third-order valence-corrected chi connectivity index (χ3v) is 6.39.